The minimum absolute atomic E-state index is 0.112. The predicted molar refractivity (Wildman–Crippen MR) is 60.3 cm³/mol. The van der Waals surface area contributed by atoms with Crippen molar-refractivity contribution in [2.75, 3.05) is 19.6 Å². The second kappa shape index (κ2) is 4.94. The maximum Gasteiger partial charge on any atom is 0.0558 e. The van der Waals surface area contributed by atoms with Crippen LogP contribution in [0.1, 0.15) is 33.1 Å². The molecule has 0 aliphatic carbocycles. The summed E-state index contributed by atoms with van der Waals surface area (Å²) in [6.45, 7) is 11.4. The van der Waals surface area contributed by atoms with E-state index in [4.69, 9.17) is 0 Å². The highest BCUT2D eigenvalue weighted by Gasteiger charge is 2.28. The fraction of sp³-hybridized carbons (Fsp3) is 0.833. The average Bonchev–Trinajstić information content (AvgIpc) is 2.20. The molecule has 14 heavy (non-hydrogen) atoms. The number of aliphatic hydroxyl groups excluding tert-OH is 1. The molecule has 1 fully saturated rings. The Hall–Kier alpha value is -0.340. The van der Waals surface area contributed by atoms with Crippen molar-refractivity contribution in [1.29, 1.82) is 0 Å². The molecule has 0 spiro atoms. The van der Waals surface area contributed by atoms with Gasteiger partial charge in [0.2, 0.25) is 0 Å². The van der Waals surface area contributed by atoms with Crippen LogP contribution in [0.5, 0.6) is 0 Å². The maximum atomic E-state index is 9.72. The molecule has 1 saturated heterocycles. The lowest BCUT2D eigenvalue weighted by Gasteiger charge is -2.29. The molecule has 1 N–H and O–H groups in total. The Balaban J connectivity index is 2.49. The zero-order valence-electron chi connectivity index (χ0n) is 9.50. The normalized spacial score (nSPS) is 28.4. The molecule has 0 aromatic heterocycles. The highest BCUT2D eigenvalue weighted by atomic mass is 16.3. The van der Waals surface area contributed by atoms with E-state index in [0.717, 1.165) is 38.9 Å². The average molecular weight is 197 g/mol. The summed E-state index contributed by atoms with van der Waals surface area (Å²) in [6, 6.07) is 0. The Morgan fingerprint density at radius 1 is 1.57 bits per heavy atom. The first-order valence-electron chi connectivity index (χ1n) is 5.55. The second-order valence-electron chi connectivity index (χ2n) is 5.16. The van der Waals surface area contributed by atoms with Gasteiger partial charge in [-0.05, 0) is 24.7 Å². The van der Waals surface area contributed by atoms with Gasteiger partial charge in [-0.15, -0.1) is 6.58 Å². The molecular formula is C12H23NO. The van der Waals surface area contributed by atoms with Crippen LogP contribution in [0.4, 0.5) is 0 Å². The van der Waals surface area contributed by atoms with E-state index < -0.39 is 0 Å². The number of aliphatic hydroxyl groups is 1. The smallest absolute Gasteiger partial charge is 0.0558 e. The molecule has 0 amide bonds. The number of nitrogens with zero attached hydrogens (tertiary/aromatic N) is 1. The van der Waals surface area contributed by atoms with Crippen LogP contribution < -0.4 is 0 Å². The topological polar surface area (TPSA) is 23.5 Å². The van der Waals surface area contributed by atoms with E-state index >= 15 is 0 Å². The highest BCUT2D eigenvalue weighted by Crippen LogP contribution is 2.28. The van der Waals surface area contributed by atoms with Gasteiger partial charge in [-0.2, -0.15) is 0 Å². The van der Waals surface area contributed by atoms with E-state index in [1.165, 1.54) is 0 Å². The van der Waals surface area contributed by atoms with Crippen LogP contribution in [0.2, 0.25) is 0 Å². The zero-order valence-corrected chi connectivity index (χ0v) is 9.50. The van der Waals surface area contributed by atoms with Crippen LogP contribution in [0.3, 0.4) is 0 Å². The van der Waals surface area contributed by atoms with Crippen molar-refractivity contribution in [3.05, 3.63) is 12.7 Å². The van der Waals surface area contributed by atoms with Crippen molar-refractivity contribution < 1.29 is 5.11 Å². The molecule has 82 valence electrons. The van der Waals surface area contributed by atoms with E-state index in [9.17, 15) is 5.11 Å². The van der Waals surface area contributed by atoms with E-state index in [1.54, 1.807) is 0 Å². The first kappa shape index (κ1) is 11.7. The predicted octanol–water partition coefficient (Wildman–Crippen LogP) is 2.05. The summed E-state index contributed by atoms with van der Waals surface area (Å²) >= 11 is 0. The molecule has 2 nitrogen and oxygen atoms in total. The lowest BCUT2D eigenvalue weighted by Crippen LogP contribution is -2.33. The third-order valence-electron chi connectivity index (χ3n) is 2.87. The zero-order chi connectivity index (χ0) is 10.6. The van der Waals surface area contributed by atoms with E-state index in [2.05, 4.69) is 25.3 Å². The standard InChI is InChI=1S/C12H23NO/c1-4-5-7-13-8-6-11(14)9-12(2,3)10-13/h4,11,14H,1,5-10H2,2-3H3. The lowest BCUT2D eigenvalue weighted by molar-refractivity contribution is 0.121. The number of likely N-dealkylation sites (tertiary alicyclic amines) is 1. The van der Waals surface area contributed by atoms with Gasteiger partial charge in [-0.25, -0.2) is 0 Å². The Morgan fingerprint density at radius 2 is 2.29 bits per heavy atom. The third-order valence-corrected chi connectivity index (χ3v) is 2.87. The van der Waals surface area contributed by atoms with Crippen LogP contribution in [0.25, 0.3) is 0 Å². The lowest BCUT2D eigenvalue weighted by atomic mass is 9.87. The summed E-state index contributed by atoms with van der Waals surface area (Å²) < 4.78 is 0. The molecule has 0 bridgehead atoms. The van der Waals surface area contributed by atoms with Gasteiger partial charge in [-0.1, -0.05) is 19.9 Å². The summed E-state index contributed by atoms with van der Waals surface area (Å²) in [7, 11) is 0. The number of hydrogen-bond acceptors (Lipinski definition) is 2. The van der Waals surface area contributed by atoms with Gasteiger partial charge in [0.05, 0.1) is 6.10 Å². The van der Waals surface area contributed by atoms with Crippen LogP contribution in [0, 0.1) is 5.41 Å². The first-order chi connectivity index (χ1) is 6.53. The summed E-state index contributed by atoms with van der Waals surface area (Å²) in [4.78, 5) is 2.44. The molecule has 1 rings (SSSR count). The molecule has 1 aliphatic rings. The van der Waals surface area contributed by atoms with Crippen molar-refractivity contribution in [2.24, 2.45) is 5.41 Å². The quantitative estimate of drug-likeness (QED) is 0.700. The van der Waals surface area contributed by atoms with Crippen molar-refractivity contribution >= 4 is 0 Å². The van der Waals surface area contributed by atoms with Gasteiger partial charge in [0, 0.05) is 19.6 Å². The minimum Gasteiger partial charge on any atom is -0.393 e. The van der Waals surface area contributed by atoms with Crippen molar-refractivity contribution in [2.45, 2.75) is 39.2 Å². The molecule has 0 radical (unpaired) electrons. The van der Waals surface area contributed by atoms with Crippen LogP contribution in [-0.4, -0.2) is 35.7 Å². The van der Waals surface area contributed by atoms with Gasteiger partial charge < -0.3 is 10.0 Å². The Bertz CT molecular complexity index is 189. The molecule has 2 heteroatoms. The SMILES string of the molecule is C=CCCN1CCC(O)CC(C)(C)C1. The molecule has 0 saturated carbocycles. The molecular weight excluding hydrogens is 174 g/mol. The Labute approximate surface area is 87.6 Å². The van der Waals surface area contributed by atoms with Crippen molar-refractivity contribution in [3.63, 3.8) is 0 Å². The Morgan fingerprint density at radius 3 is 2.93 bits per heavy atom. The first-order valence-corrected chi connectivity index (χ1v) is 5.55. The summed E-state index contributed by atoms with van der Waals surface area (Å²) in [5.74, 6) is 0. The summed E-state index contributed by atoms with van der Waals surface area (Å²) in [6.07, 6.45) is 4.75. The van der Waals surface area contributed by atoms with Crippen molar-refractivity contribution in [1.82, 2.24) is 4.90 Å². The van der Waals surface area contributed by atoms with Crippen LogP contribution in [0.15, 0.2) is 12.7 Å². The fourth-order valence-electron chi connectivity index (χ4n) is 2.29. The largest absolute Gasteiger partial charge is 0.393 e. The summed E-state index contributed by atoms with van der Waals surface area (Å²) in [5, 5.41) is 9.72. The highest BCUT2D eigenvalue weighted by molar-refractivity contribution is 4.83. The fourth-order valence-corrected chi connectivity index (χ4v) is 2.29. The van der Waals surface area contributed by atoms with Crippen LogP contribution in [-0.2, 0) is 0 Å². The van der Waals surface area contributed by atoms with E-state index in [-0.39, 0.29) is 11.5 Å². The Kier molecular flexibility index (Phi) is 4.14. The van der Waals surface area contributed by atoms with Crippen LogP contribution >= 0.6 is 0 Å². The van der Waals surface area contributed by atoms with Crippen molar-refractivity contribution in [3.8, 4) is 0 Å². The van der Waals surface area contributed by atoms with Gasteiger partial charge >= 0.3 is 0 Å². The molecule has 0 aromatic rings. The van der Waals surface area contributed by atoms with Gasteiger partial charge in [0.15, 0.2) is 0 Å². The van der Waals surface area contributed by atoms with Gasteiger partial charge in [0.25, 0.3) is 0 Å². The molecule has 0 aromatic carbocycles. The molecule has 1 aliphatic heterocycles. The molecule has 1 heterocycles. The second-order valence-corrected chi connectivity index (χ2v) is 5.16. The monoisotopic (exact) mass is 197 g/mol. The van der Waals surface area contributed by atoms with E-state index in [0.29, 0.717) is 0 Å². The van der Waals surface area contributed by atoms with E-state index in [1.807, 2.05) is 6.08 Å². The molecule has 1 unspecified atom stereocenters. The van der Waals surface area contributed by atoms with Gasteiger partial charge in [0.1, 0.15) is 0 Å². The number of hydrogen-bond donors (Lipinski definition) is 1. The minimum atomic E-state index is -0.112. The van der Waals surface area contributed by atoms with Gasteiger partial charge in [-0.3, -0.25) is 0 Å². The maximum absolute atomic E-state index is 9.72. The third kappa shape index (κ3) is 3.81. The summed E-state index contributed by atoms with van der Waals surface area (Å²) in [5.41, 5.74) is 0.247. The molecule has 1 atom stereocenters. The number of rotatable bonds is 3.